The van der Waals surface area contributed by atoms with Gasteiger partial charge in [-0.05, 0) is 6.92 Å². The number of aromatic nitrogens is 1. The maximum atomic E-state index is 12.3. The van der Waals surface area contributed by atoms with Gasteiger partial charge in [-0.1, -0.05) is 13.8 Å². The minimum atomic E-state index is 0.0714. The van der Waals surface area contributed by atoms with Gasteiger partial charge in [-0.15, -0.1) is 11.3 Å². The molecule has 1 aromatic heterocycles. The van der Waals surface area contributed by atoms with E-state index in [0.717, 1.165) is 24.6 Å². The smallest absolute Gasteiger partial charge is 0.273 e. The highest BCUT2D eigenvalue weighted by Crippen LogP contribution is 2.20. The summed E-state index contributed by atoms with van der Waals surface area (Å²) in [4.78, 5) is 18.6. The lowest BCUT2D eigenvalue weighted by Gasteiger charge is -2.33. The van der Waals surface area contributed by atoms with E-state index < -0.39 is 0 Å². The molecule has 0 unspecified atom stereocenters. The highest BCUT2D eigenvalue weighted by Gasteiger charge is 2.25. The molecule has 1 amide bonds. The van der Waals surface area contributed by atoms with Crippen molar-refractivity contribution >= 4 is 17.2 Å². The van der Waals surface area contributed by atoms with Crippen LogP contribution in [0.3, 0.4) is 0 Å². The van der Waals surface area contributed by atoms with Gasteiger partial charge in [0.25, 0.3) is 5.91 Å². The molecule has 0 spiro atoms. The molecule has 0 radical (unpaired) electrons. The lowest BCUT2D eigenvalue weighted by Crippen LogP contribution is -2.52. The Kier molecular flexibility index (Phi) is 3.79. The molecule has 1 aliphatic rings. The van der Waals surface area contributed by atoms with Crippen molar-refractivity contribution in [3.63, 3.8) is 0 Å². The molecular weight excluding hydrogens is 234 g/mol. The van der Waals surface area contributed by atoms with Crippen LogP contribution in [0.1, 0.15) is 42.2 Å². The molecule has 94 valence electrons. The van der Waals surface area contributed by atoms with Crippen LogP contribution < -0.4 is 5.32 Å². The van der Waals surface area contributed by atoms with Crippen LogP contribution in [-0.4, -0.2) is 41.5 Å². The van der Waals surface area contributed by atoms with E-state index in [1.807, 2.05) is 10.3 Å². The van der Waals surface area contributed by atoms with Crippen LogP contribution in [-0.2, 0) is 0 Å². The standard InChI is InChI=1S/C12H19N3OS/c1-8(2)11-14-10(7-17-11)12(16)15-5-4-13-6-9(15)3/h7-9,13H,4-6H2,1-3H3/t9-/m1/s1. The quantitative estimate of drug-likeness (QED) is 0.872. The van der Waals surface area contributed by atoms with Gasteiger partial charge in [0.15, 0.2) is 0 Å². The van der Waals surface area contributed by atoms with Crippen molar-refractivity contribution in [2.24, 2.45) is 0 Å². The summed E-state index contributed by atoms with van der Waals surface area (Å²) in [5.74, 6) is 0.462. The Hall–Kier alpha value is -0.940. The Morgan fingerprint density at radius 2 is 2.41 bits per heavy atom. The fraction of sp³-hybridized carbons (Fsp3) is 0.667. The van der Waals surface area contributed by atoms with E-state index in [1.165, 1.54) is 0 Å². The second kappa shape index (κ2) is 5.14. The van der Waals surface area contributed by atoms with Gasteiger partial charge >= 0.3 is 0 Å². The Bertz CT molecular complexity index is 402. The molecular formula is C12H19N3OS. The van der Waals surface area contributed by atoms with Crippen molar-refractivity contribution in [2.45, 2.75) is 32.7 Å². The molecule has 1 fully saturated rings. The van der Waals surface area contributed by atoms with Gasteiger partial charge in [-0.2, -0.15) is 0 Å². The van der Waals surface area contributed by atoms with Crippen molar-refractivity contribution in [3.8, 4) is 0 Å². The predicted octanol–water partition coefficient (Wildman–Crippen LogP) is 1.70. The number of nitrogens with zero attached hydrogens (tertiary/aromatic N) is 2. The first-order chi connectivity index (χ1) is 8.09. The van der Waals surface area contributed by atoms with Crippen LogP contribution in [0.4, 0.5) is 0 Å². The van der Waals surface area contributed by atoms with Crippen LogP contribution in [0.2, 0.25) is 0 Å². The SMILES string of the molecule is CC(C)c1nc(C(=O)N2CCNC[C@H]2C)cs1. The molecule has 1 aliphatic heterocycles. The minimum Gasteiger partial charge on any atom is -0.332 e. The van der Waals surface area contributed by atoms with E-state index in [1.54, 1.807) is 11.3 Å². The number of amides is 1. The summed E-state index contributed by atoms with van der Waals surface area (Å²) < 4.78 is 0. The zero-order valence-electron chi connectivity index (χ0n) is 10.6. The summed E-state index contributed by atoms with van der Waals surface area (Å²) in [6.45, 7) is 8.78. The molecule has 1 saturated heterocycles. The van der Waals surface area contributed by atoms with Crippen molar-refractivity contribution < 1.29 is 4.79 Å². The number of piperazine rings is 1. The van der Waals surface area contributed by atoms with E-state index in [0.29, 0.717) is 11.6 Å². The maximum Gasteiger partial charge on any atom is 0.273 e. The van der Waals surface area contributed by atoms with Crippen molar-refractivity contribution in [1.29, 1.82) is 0 Å². The van der Waals surface area contributed by atoms with Gasteiger partial charge in [0.2, 0.25) is 0 Å². The lowest BCUT2D eigenvalue weighted by molar-refractivity contribution is 0.0650. The van der Waals surface area contributed by atoms with E-state index in [9.17, 15) is 4.79 Å². The highest BCUT2D eigenvalue weighted by molar-refractivity contribution is 7.09. The molecule has 0 saturated carbocycles. The van der Waals surface area contributed by atoms with Gasteiger partial charge in [-0.25, -0.2) is 4.98 Å². The number of hydrogen-bond acceptors (Lipinski definition) is 4. The zero-order chi connectivity index (χ0) is 12.4. The van der Waals surface area contributed by atoms with E-state index in [2.05, 4.69) is 31.1 Å². The van der Waals surface area contributed by atoms with Gasteiger partial charge in [0.1, 0.15) is 5.69 Å². The van der Waals surface area contributed by atoms with Crippen LogP contribution in [0, 0.1) is 0 Å². The average Bonchev–Trinajstić information content (AvgIpc) is 2.78. The van der Waals surface area contributed by atoms with Crippen molar-refractivity contribution in [3.05, 3.63) is 16.1 Å². The molecule has 0 bridgehead atoms. The third kappa shape index (κ3) is 2.66. The van der Waals surface area contributed by atoms with Crippen molar-refractivity contribution in [1.82, 2.24) is 15.2 Å². The molecule has 2 rings (SSSR count). The molecule has 2 heterocycles. The third-order valence-corrected chi connectivity index (χ3v) is 4.14. The topological polar surface area (TPSA) is 45.2 Å². The van der Waals surface area contributed by atoms with Crippen LogP contribution in [0.5, 0.6) is 0 Å². The summed E-state index contributed by atoms with van der Waals surface area (Å²) in [5, 5.41) is 6.20. The van der Waals surface area contributed by atoms with Crippen molar-refractivity contribution in [2.75, 3.05) is 19.6 Å². The Labute approximate surface area is 106 Å². The first kappa shape index (κ1) is 12.5. The number of hydrogen-bond donors (Lipinski definition) is 1. The molecule has 1 N–H and O–H groups in total. The number of nitrogens with one attached hydrogen (secondary N) is 1. The second-order valence-electron chi connectivity index (χ2n) is 4.78. The lowest BCUT2D eigenvalue weighted by atomic mass is 10.2. The average molecular weight is 253 g/mol. The van der Waals surface area contributed by atoms with Gasteiger partial charge in [0.05, 0.1) is 5.01 Å². The summed E-state index contributed by atoms with van der Waals surface area (Å²) in [6.07, 6.45) is 0. The van der Waals surface area contributed by atoms with Gasteiger partial charge in [0, 0.05) is 37.0 Å². The molecule has 0 aliphatic carbocycles. The van der Waals surface area contributed by atoms with Gasteiger partial charge < -0.3 is 10.2 Å². The fourth-order valence-electron chi connectivity index (χ4n) is 1.94. The summed E-state index contributed by atoms with van der Waals surface area (Å²) in [7, 11) is 0. The predicted molar refractivity (Wildman–Crippen MR) is 69.6 cm³/mol. The molecule has 1 atom stereocenters. The molecule has 4 nitrogen and oxygen atoms in total. The first-order valence-corrected chi connectivity index (χ1v) is 6.94. The summed E-state index contributed by atoms with van der Waals surface area (Å²) in [6, 6.07) is 0.250. The van der Waals surface area contributed by atoms with E-state index in [-0.39, 0.29) is 11.9 Å². The van der Waals surface area contributed by atoms with Crippen LogP contribution in [0.15, 0.2) is 5.38 Å². The number of carbonyl (C=O) groups is 1. The normalized spacial score (nSPS) is 20.9. The van der Waals surface area contributed by atoms with E-state index >= 15 is 0 Å². The number of rotatable bonds is 2. The highest BCUT2D eigenvalue weighted by atomic mass is 32.1. The Morgan fingerprint density at radius 3 is 3.00 bits per heavy atom. The first-order valence-electron chi connectivity index (χ1n) is 6.06. The van der Waals surface area contributed by atoms with Crippen LogP contribution in [0.25, 0.3) is 0 Å². The Balaban J connectivity index is 2.12. The summed E-state index contributed by atoms with van der Waals surface area (Å²) in [5.41, 5.74) is 0.604. The molecule has 1 aromatic rings. The van der Waals surface area contributed by atoms with Gasteiger partial charge in [-0.3, -0.25) is 4.79 Å². The minimum absolute atomic E-state index is 0.0714. The van der Waals surface area contributed by atoms with E-state index in [4.69, 9.17) is 0 Å². The molecule has 0 aromatic carbocycles. The summed E-state index contributed by atoms with van der Waals surface area (Å²) >= 11 is 1.58. The molecule has 5 heteroatoms. The zero-order valence-corrected chi connectivity index (χ0v) is 11.4. The number of carbonyl (C=O) groups excluding carboxylic acids is 1. The van der Waals surface area contributed by atoms with Crippen LogP contribution >= 0.6 is 11.3 Å². The fourth-order valence-corrected chi connectivity index (χ4v) is 2.75. The monoisotopic (exact) mass is 253 g/mol. The molecule has 17 heavy (non-hydrogen) atoms. The Morgan fingerprint density at radius 1 is 1.65 bits per heavy atom. The number of thiazole rings is 1. The maximum absolute atomic E-state index is 12.3. The largest absolute Gasteiger partial charge is 0.332 e. The third-order valence-electron chi connectivity index (χ3n) is 3.00. The second-order valence-corrected chi connectivity index (χ2v) is 5.67.